The number of unbranched alkanes of at least 4 members (excludes halogenated alkanes) is 1. The average Bonchev–Trinajstić information content (AvgIpc) is 3.50. The number of rotatable bonds is 10. The molecule has 1 fully saturated rings. The number of methoxy groups -OCH3 is 2. The summed E-state index contributed by atoms with van der Waals surface area (Å²) in [5.41, 5.74) is 3.75. The van der Waals surface area contributed by atoms with Gasteiger partial charge in [-0.25, -0.2) is 9.78 Å². The average molecular weight is 512 g/mol. The van der Waals surface area contributed by atoms with E-state index in [-0.39, 0.29) is 0 Å². The lowest BCUT2D eigenvalue weighted by Crippen LogP contribution is -2.27. The van der Waals surface area contributed by atoms with E-state index in [1.165, 1.54) is 32.1 Å². The Morgan fingerprint density at radius 3 is 2.50 bits per heavy atom. The van der Waals surface area contributed by atoms with Crippen molar-refractivity contribution >= 4 is 17.4 Å². The second-order valence-corrected chi connectivity index (χ2v) is 10.3. The van der Waals surface area contributed by atoms with E-state index in [2.05, 4.69) is 22.2 Å². The monoisotopic (exact) mass is 511 g/mol. The fourth-order valence-corrected chi connectivity index (χ4v) is 5.56. The molecule has 2 heterocycles. The summed E-state index contributed by atoms with van der Waals surface area (Å²) in [6.07, 6.45) is 7.89. The van der Waals surface area contributed by atoms with Gasteiger partial charge < -0.3 is 24.1 Å². The zero-order valence-corrected chi connectivity index (χ0v) is 22.6. The van der Waals surface area contributed by atoms with Crippen LogP contribution in [0.4, 0.5) is 4.79 Å². The molecule has 4 rings (SSSR count). The summed E-state index contributed by atoms with van der Waals surface area (Å²) >= 11 is 1.58. The van der Waals surface area contributed by atoms with Gasteiger partial charge in [-0.2, -0.15) is 0 Å². The second kappa shape index (κ2) is 12.3. The SMILES string of the molecule is CCCCNC(=O)Oc1cc(-c2csc(-c3cc(OC)cc(OC)c3)n2)n(CC2CCCCC2)c1C. The van der Waals surface area contributed by atoms with Crippen molar-refractivity contribution in [3.05, 3.63) is 35.3 Å². The molecule has 1 aliphatic carbocycles. The first-order valence-electron chi connectivity index (χ1n) is 12.9. The number of carbonyl (C=O) groups excluding carboxylic acids is 1. The lowest BCUT2D eigenvalue weighted by molar-refractivity contribution is 0.200. The van der Waals surface area contributed by atoms with Crippen LogP contribution in [0.1, 0.15) is 57.6 Å². The lowest BCUT2D eigenvalue weighted by Gasteiger charge is -2.24. The van der Waals surface area contributed by atoms with Gasteiger partial charge in [-0.15, -0.1) is 11.3 Å². The highest BCUT2D eigenvalue weighted by atomic mass is 32.1. The van der Waals surface area contributed by atoms with Gasteiger partial charge in [0.15, 0.2) is 5.75 Å². The minimum atomic E-state index is -0.407. The van der Waals surface area contributed by atoms with E-state index in [4.69, 9.17) is 19.2 Å². The number of benzene rings is 1. The van der Waals surface area contributed by atoms with E-state index < -0.39 is 6.09 Å². The zero-order valence-electron chi connectivity index (χ0n) is 21.8. The molecule has 3 aromatic rings. The van der Waals surface area contributed by atoms with Crippen LogP contribution in [-0.4, -0.2) is 36.4 Å². The largest absolute Gasteiger partial charge is 0.497 e. The molecule has 0 atom stereocenters. The van der Waals surface area contributed by atoms with Crippen LogP contribution < -0.4 is 19.5 Å². The summed E-state index contributed by atoms with van der Waals surface area (Å²) in [5, 5.41) is 5.80. The third kappa shape index (κ3) is 6.22. The van der Waals surface area contributed by atoms with Gasteiger partial charge >= 0.3 is 6.09 Å². The Bertz CT molecular complexity index is 1140. The highest BCUT2D eigenvalue weighted by molar-refractivity contribution is 7.13. The summed E-state index contributed by atoms with van der Waals surface area (Å²) in [7, 11) is 3.29. The van der Waals surface area contributed by atoms with Crippen LogP contribution in [0.5, 0.6) is 17.2 Å². The van der Waals surface area contributed by atoms with Crippen molar-refractivity contribution in [3.63, 3.8) is 0 Å². The highest BCUT2D eigenvalue weighted by Crippen LogP contribution is 2.38. The van der Waals surface area contributed by atoms with Gasteiger partial charge in [0, 0.05) is 36.2 Å². The molecule has 194 valence electrons. The van der Waals surface area contributed by atoms with Crippen LogP contribution in [-0.2, 0) is 6.54 Å². The van der Waals surface area contributed by atoms with E-state index in [9.17, 15) is 4.79 Å². The van der Waals surface area contributed by atoms with Gasteiger partial charge in [-0.1, -0.05) is 32.6 Å². The Balaban J connectivity index is 1.65. The van der Waals surface area contributed by atoms with Crippen molar-refractivity contribution in [1.29, 1.82) is 0 Å². The summed E-state index contributed by atoms with van der Waals surface area (Å²) in [5.74, 6) is 2.66. The third-order valence-electron chi connectivity index (χ3n) is 6.85. The Kier molecular flexibility index (Phi) is 8.91. The van der Waals surface area contributed by atoms with Crippen LogP contribution in [0.25, 0.3) is 22.0 Å². The van der Waals surface area contributed by atoms with Gasteiger partial charge in [0.1, 0.15) is 16.5 Å². The molecule has 1 aromatic carbocycles. The maximum Gasteiger partial charge on any atom is 0.412 e. The number of hydrogen-bond donors (Lipinski definition) is 1. The number of amides is 1. The van der Waals surface area contributed by atoms with Gasteiger partial charge in [0.2, 0.25) is 0 Å². The number of nitrogens with one attached hydrogen (secondary N) is 1. The number of thiazole rings is 1. The van der Waals surface area contributed by atoms with Crippen LogP contribution in [0.15, 0.2) is 29.6 Å². The molecule has 0 saturated heterocycles. The standard InChI is InChI=1S/C28H37N3O4S/c1-5-6-12-29-28(32)35-26-16-25(31(19(26)2)17-20-10-8-7-9-11-20)24-18-36-27(30-24)21-13-22(33-3)15-23(14-21)34-4/h13-16,18,20H,5-12,17H2,1-4H3,(H,29,32). The molecule has 0 radical (unpaired) electrons. The van der Waals surface area contributed by atoms with E-state index in [0.717, 1.165) is 58.5 Å². The predicted molar refractivity (Wildman–Crippen MR) is 144 cm³/mol. The molecule has 8 heteroatoms. The predicted octanol–water partition coefficient (Wildman–Crippen LogP) is 7.07. The molecule has 36 heavy (non-hydrogen) atoms. The molecule has 7 nitrogen and oxygen atoms in total. The Labute approximate surface area is 217 Å². The van der Waals surface area contributed by atoms with E-state index in [0.29, 0.717) is 18.2 Å². The fraction of sp³-hybridized carbons (Fsp3) is 0.500. The van der Waals surface area contributed by atoms with Crippen molar-refractivity contribution in [2.45, 2.75) is 65.3 Å². The van der Waals surface area contributed by atoms with E-state index >= 15 is 0 Å². The molecule has 0 bridgehead atoms. The highest BCUT2D eigenvalue weighted by Gasteiger charge is 2.23. The van der Waals surface area contributed by atoms with Crippen molar-refractivity contribution < 1.29 is 19.0 Å². The Morgan fingerprint density at radius 1 is 1.11 bits per heavy atom. The minimum Gasteiger partial charge on any atom is -0.497 e. The minimum absolute atomic E-state index is 0.407. The van der Waals surface area contributed by atoms with Gasteiger partial charge in [0.25, 0.3) is 0 Å². The first-order valence-corrected chi connectivity index (χ1v) is 13.8. The van der Waals surface area contributed by atoms with E-state index in [1.54, 1.807) is 25.6 Å². The summed E-state index contributed by atoms with van der Waals surface area (Å²) in [4.78, 5) is 17.4. The molecule has 1 N–H and O–H groups in total. The van der Waals surface area contributed by atoms with Crippen LogP contribution in [0.3, 0.4) is 0 Å². The van der Waals surface area contributed by atoms with Crippen molar-refractivity contribution in [1.82, 2.24) is 14.9 Å². The number of carbonyl (C=O) groups is 1. The smallest absolute Gasteiger partial charge is 0.412 e. The fourth-order valence-electron chi connectivity index (χ4n) is 4.76. The molecule has 0 unspecified atom stereocenters. The maximum absolute atomic E-state index is 12.4. The van der Waals surface area contributed by atoms with Crippen molar-refractivity contribution in [3.8, 4) is 39.2 Å². The summed E-state index contributed by atoms with van der Waals surface area (Å²) in [6, 6.07) is 7.74. The van der Waals surface area contributed by atoms with Crippen LogP contribution in [0.2, 0.25) is 0 Å². The summed E-state index contributed by atoms with van der Waals surface area (Å²) < 4.78 is 18.9. The number of hydrogen-bond acceptors (Lipinski definition) is 6. The Morgan fingerprint density at radius 2 is 1.83 bits per heavy atom. The molecule has 0 aliphatic heterocycles. The molecule has 1 amide bonds. The zero-order chi connectivity index (χ0) is 25.5. The summed E-state index contributed by atoms with van der Waals surface area (Å²) in [6.45, 7) is 5.64. The van der Waals surface area contributed by atoms with Gasteiger partial charge in [-0.3, -0.25) is 0 Å². The van der Waals surface area contributed by atoms with Crippen LogP contribution >= 0.6 is 11.3 Å². The maximum atomic E-state index is 12.4. The van der Waals surface area contributed by atoms with Crippen molar-refractivity contribution in [2.24, 2.45) is 5.92 Å². The Hall–Kier alpha value is -3.00. The van der Waals surface area contributed by atoms with Crippen LogP contribution in [0, 0.1) is 12.8 Å². The first-order chi connectivity index (χ1) is 17.5. The van der Waals surface area contributed by atoms with Crippen molar-refractivity contribution in [2.75, 3.05) is 20.8 Å². The normalized spacial score (nSPS) is 14.0. The second-order valence-electron chi connectivity index (χ2n) is 9.40. The molecular weight excluding hydrogens is 474 g/mol. The van der Waals surface area contributed by atoms with E-state index in [1.807, 2.05) is 31.2 Å². The quantitative estimate of drug-likeness (QED) is 0.295. The molecular formula is C28H37N3O4S. The van der Waals surface area contributed by atoms with Gasteiger partial charge in [-0.05, 0) is 44.2 Å². The molecule has 1 aliphatic rings. The number of aromatic nitrogens is 2. The first kappa shape index (κ1) is 26.1. The third-order valence-corrected chi connectivity index (χ3v) is 7.74. The van der Waals surface area contributed by atoms with Gasteiger partial charge in [0.05, 0.1) is 31.3 Å². The molecule has 2 aromatic heterocycles. The molecule has 0 spiro atoms. The number of ether oxygens (including phenoxy) is 3. The lowest BCUT2D eigenvalue weighted by atomic mass is 9.89. The number of nitrogens with zero attached hydrogens (tertiary/aromatic N) is 2. The molecule has 1 saturated carbocycles. The topological polar surface area (TPSA) is 74.6 Å².